The minimum Gasteiger partial charge on any atom is -0.507 e. The molecule has 2 rings (SSSR count). The molecule has 0 heterocycles. The summed E-state index contributed by atoms with van der Waals surface area (Å²) < 4.78 is 0. The zero-order valence-corrected chi connectivity index (χ0v) is 9.27. The zero-order chi connectivity index (χ0) is 11.7. The standard InChI is InChI=1S/C13H13NO2/c1-9(15)14(2)12-7-3-6-11-10(12)5-4-8-13(11)16/h3-8,16H,1-2H3. The summed E-state index contributed by atoms with van der Waals surface area (Å²) in [7, 11) is 1.72. The van der Waals surface area contributed by atoms with Crippen molar-refractivity contribution >= 4 is 22.4 Å². The molecule has 0 saturated heterocycles. The van der Waals surface area contributed by atoms with E-state index in [1.54, 1.807) is 24.1 Å². The summed E-state index contributed by atoms with van der Waals surface area (Å²) in [5, 5.41) is 11.3. The number of benzene rings is 2. The van der Waals surface area contributed by atoms with E-state index in [1.807, 2.05) is 24.3 Å². The Balaban J connectivity index is 2.72. The average Bonchev–Trinajstić information content (AvgIpc) is 2.28. The Labute approximate surface area is 93.9 Å². The van der Waals surface area contributed by atoms with Crippen LogP contribution in [-0.4, -0.2) is 18.1 Å². The predicted octanol–water partition coefficient (Wildman–Crippen LogP) is 2.53. The van der Waals surface area contributed by atoms with E-state index in [4.69, 9.17) is 0 Å². The molecule has 0 atom stereocenters. The van der Waals surface area contributed by atoms with Gasteiger partial charge in [-0.15, -0.1) is 0 Å². The first-order valence-electron chi connectivity index (χ1n) is 5.06. The van der Waals surface area contributed by atoms with Gasteiger partial charge in [0.1, 0.15) is 5.75 Å². The van der Waals surface area contributed by atoms with Crippen molar-refractivity contribution in [3.8, 4) is 5.75 Å². The lowest BCUT2D eigenvalue weighted by molar-refractivity contribution is -0.116. The Kier molecular flexibility index (Phi) is 2.52. The molecular weight excluding hydrogens is 202 g/mol. The van der Waals surface area contributed by atoms with Gasteiger partial charge in [0.2, 0.25) is 5.91 Å². The van der Waals surface area contributed by atoms with Crippen molar-refractivity contribution in [1.29, 1.82) is 0 Å². The van der Waals surface area contributed by atoms with E-state index in [0.717, 1.165) is 16.5 Å². The molecule has 2 aromatic rings. The van der Waals surface area contributed by atoms with Crippen molar-refractivity contribution < 1.29 is 9.90 Å². The van der Waals surface area contributed by atoms with Gasteiger partial charge in [-0.05, 0) is 12.1 Å². The molecule has 2 aromatic carbocycles. The Morgan fingerprint density at radius 2 is 1.75 bits per heavy atom. The Morgan fingerprint density at radius 3 is 2.44 bits per heavy atom. The highest BCUT2D eigenvalue weighted by Gasteiger charge is 2.10. The van der Waals surface area contributed by atoms with E-state index >= 15 is 0 Å². The number of nitrogens with zero attached hydrogens (tertiary/aromatic N) is 1. The van der Waals surface area contributed by atoms with Crippen molar-refractivity contribution in [3.05, 3.63) is 36.4 Å². The number of anilines is 1. The maximum Gasteiger partial charge on any atom is 0.223 e. The van der Waals surface area contributed by atoms with Crippen molar-refractivity contribution in [2.24, 2.45) is 0 Å². The molecule has 0 radical (unpaired) electrons. The third kappa shape index (κ3) is 1.60. The third-order valence-electron chi connectivity index (χ3n) is 2.71. The van der Waals surface area contributed by atoms with Gasteiger partial charge in [0, 0.05) is 24.7 Å². The largest absolute Gasteiger partial charge is 0.507 e. The van der Waals surface area contributed by atoms with Gasteiger partial charge in [0.25, 0.3) is 0 Å². The van der Waals surface area contributed by atoms with Crippen LogP contribution in [0.25, 0.3) is 10.8 Å². The lowest BCUT2D eigenvalue weighted by Gasteiger charge is -2.17. The molecule has 16 heavy (non-hydrogen) atoms. The Bertz CT molecular complexity index is 549. The number of amides is 1. The fourth-order valence-corrected chi connectivity index (χ4v) is 1.74. The van der Waals surface area contributed by atoms with Gasteiger partial charge in [0.15, 0.2) is 0 Å². The van der Waals surface area contributed by atoms with Gasteiger partial charge >= 0.3 is 0 Å². The van der Waals surface area contributed by atoms with Crippen LogP contribution in [0.15, 0.2) is 36.4 Å². The van der Waals surface area contributed by atoms with E-state index < -0.39 is 0 Å². The highest BCUT2D eigenvalue weighted by molar-refractivity contribution is 6.04. The first kappa shape index (κ1) is 10.5. The summed E-state index contributed by atoms with van der Waals surface area (Å²) in [5.41, 5.74) is 0.806. The van der Waals surface area contributed by atoms with Crippen molar-refractivity contribution in [2.45, 2.75) is 6.92 Å². The second-order valence-electron chi connectivity index (χ2n) is 3.73. The van der Waals surface area contributed by atoms with E-state index in [9.17, 15) is 9.90 Å². The van der Waals surface area contributed by atoms with Gasteiger partial charge in [-0.1, -0.05) is 24.3 Å². The molecule has 0 bridgehead atoms. The third-order valence-corrected chi connectivity index (χ3v) is 2.71. The molecule has 3 heteroatoms. The lowest BCUT2D eigenvalue weighted by Crippen LogP contribution is -2.22. The molecule has 0 fully saturated rings. The number of carbonyl (C=O) groups is 1. The van der Waals surface area contributed by atoms with E-state index in [1.165, 1.54) is 6.92 Å². The van der Waals surface area contributed by atoms with Crippen LogP contribution in [0.3, 0.4) is 0 Å². The number of rotatable bonds is 1. The summed E-state index contributed by atoms with van der Waals surface area (Å²) in [5.74, 6) is 0.201. The number of hydrogen-bond donors (Lipinski definition) is 1. The van der Waals surface area contributed by atoms with Crippen LogP contribution in [-0.2, 0) is 4.79 Å². The maximum atomic E-state index is 11.3. The molecule has 3 nitrogen and oxygen atoms in total. The van der Waals surface area contributed by atoms with Gasteiger partial charge in [-0.3, -0.25) is 4.79 Å². The van der Waals surface area contributed by atoms with Crippen molar-refractivity contribution in [3.63, 3.8) is 0 Å². The number of phenolic OH excluding ortho intramolecular Hbond substituents is 1. The summed E-state index contributed by atoms with van der Waals surface area (Å²) in [6.45, 7) is 1.52. The smallest absolute Gasteiger partial charge is 0.223 e. The van der Waals surface area contributed by atoms with E-state index in [0.29, 0.717) is 0 Å². The zero-order valence-electron chi connectivity index (χ0n) is 9.27. The second-order valence-corrected chi connectivity index (χ2v) is 3.73. The summed E-state index contributed by atoms with van der Waals surface area (Å²) in [6.07, 6.45) is 0. The van der Waals surface area contributed by atoms with Gasteiger partial charge in [-0.2, -0.15) is 0 Å². The molecule has 0 aliphatic rings. The minimum atomic E-state index is -0.0316. The quantitative estimate of drug-likeness (QED) is 0.794. The normalized spacial score (nSPS) is 10.4. The number of aromatic hydroxyl groups is 1. The molecule has 0 aliphatic carbocycles. The fraction of sp³-hybridized carbons (Fsp3) is 0.154. The molecule has 0 spiro atoms. The van der Waals surface area contributed by atoms with Crippen molar-refractivity contribution in [2.75, 3.05) is 11.9 Å². The monoisotopic (exact) mass is 215 g/mol. The summed E-state index contributed by atoms with van der Waals surface area (Å²) >= 11 is 0. The SMILES string of the molecule is CC(=O)N(C)c1cccc2c(O)cccc12. The highest BCUT2D eigenvalue weighted by Crippen LogP contribution is 2.31. The van der Waals surface area contributed by atoms with E-state index in [-0.39, 0.29) is 11.7 Å². The predicted molar refractivity (Wildman–Crippen MR) is 64.7 cm³/mol. The first-order chi connectivity index (χ1) is 7.61. The highest BCUT2D eigenvalue weighted by atomic mass is 16.3. The van der Waals surface area contributed by atoms with E-state index in [2.05, 4.69) is 0 Å². The minimum absolute atomic E-state index is 0.0316. The van der Waals surface area contributed by atoms with Crippen molar-refractivity contribution in [1.82, 2.24) is 0 Å². The lowest BCUT2D eigenvalue weighted by atomic mass is 10.1. The Hall–Kier alpha value is -2.03. The van der Waals surface area contributed by atoms with Crippen LogP contribution in [0.1, 0.15) is 6.92 Å². The molecule has 1 N–H and O–H groups in total. The van der Waals surface area contributed by atoms with Crippen LogP contribution < -0.4 is 4.90 Å². The molecule has 1 amide bonds. The molecule has 0 aromatic heterocycles. The fourth-order valence-electron chi connectivity index (χ4n) is 1.74. The van der Waals surface area contributed by atoms with Gasteiger partial charge in [0.05, 0.1) is 5.69 Å². The van der Waals surface area contributed by atoms with Gasteiger partial charge < -0.3 is 10.0 Å². The maximum absolute atomic E-state index is 11.3. The first-order valence-corrected chi connectivity index (χ1v) is 5.06. The number of phenols is 1. The number of carbonyl (C=O) groups excluding carboxylic acids is 1. The molecule has 0 unspecified atom stereocenters. The summed E-state index contributed by atoms with van der Waals surface area (Å²) in [4.78, 5) is 12.9. The Morgan fingerprint density at radius 1 is 1.12 bits per heavy atom. The van der Waals surface area contributed by atoms with Crippen LogP contribution in [0.5, 0.6) is 5.75 Å². The van der Waals surface area contributed by atoms with Crippen LogP contribution in [0.4, 0.5) is 5.69 Å². The van der Waals surface area contributed by atoms with Crippen LogP contribution in [0.2, 0.25) is 0 Å². The van der Waals surface area contributed by atoms with Crippen LogP contribution >= 0.6 is 0 Å². The number of hydrogen-bond acceptors (Lipinski definition) is 2. The molecule has 0 saturated carbocycles. The second kappa shape index (κ2) is 3.85. The molecule has 0 aliphatic heterocycles. The summed E-state index contributed by atoms with van der Waals surface area (Å²) in [6, 6.07) is 10.8. The average molecular weight is 215 g/mol. The van der Waals surface area contributed by atoms with Crippen LogP contribution in [0, 0.1) is 0 Å². The molecular formula is C13H13NO2. The number of fused-ring (bicyclic) bond motifs is 1. The molecule has 82 valence electrons. The van der Waals surface area contributed by atoms with Gasteiger partial charge in [-0.25, -0.2) is 0 Å². The topological polar surface area (TPSA) is 40.5 Å².